The maximum absolute atomic E-state index is 8.17. The number of aliphatic hydroxyl groups excluding tert-OH is 3. The van der Waals surface area contributed by atoms with Crippen LogP contribution in [0.3, 0.4) is 0 Å². The molecule has 0 radical (unpaired) electrons. The monoisotopic (exact) mass is 228 g/mol. The van der Waals surface area contributed by atoms with E-state index in [1.807, 2.05) is 24.3 Å². The summed E-state index contributed by atoms with van der Waals surface area (Å²) in [5.41, 5.74) is 13.1. The first-order valence-corrected chi connectivity index (χ1v) is 5.05. The minimum Gasteiger partial charge on any atom is -0.394 e. The van der Waals surface area contributed by atoms with E-state index in [-0.39, 0.29) is 13.2 Å². The standard InChI is InChI=1S/C8H12N2.C3H8O3/c9-5-7-2-1-3-8(4-7)6-10;4-1-3(6)2-5/h1-4H,5-6,9-10H2;3-6H,1-2H2. The van der Waals surface area contributed by atoms with Gasteiger partial charge in [0.25, 0.3) is 0 Å². The zero-order chi connectivity index (χ0) is 12.4. The summed E-state index contributed by atoms with van der Waals surface area (Å²) >= 11 is 0. The molecule has 16 heavy (non-hydrogen) atoms. The average Bonchev–Trinajstić information content (AvgIpc) is 2.38. The Balaban J connectivity index is 0.000000325. The largest absolute Gasteiger partial charge is 0.394 e. The predicted molar refractivity (Wildman–Crippen MR) is 62.4 cm³/mol. The minimum absolute atomic E-state index is 0.365. The van der Waals surface area contributed by atoms with Crippen LogP contribution in [0.15, 0.2) is 24.3 Å². The quantitative estimate of drug-likeness (QED) is 0.450. The molecule has 0 amide bonds. The van der Waals surface area contributed by atoms with Gasteiger partial charge < -0.3 is 26.8 Å². The number of nitrogens with two attached hydrogens (primary N) is 2. The highest BCUT2D eigenvalue weighted by Crippen LogP contribution is 2.02. The van der Waals surface area contributed by atoms with Crippen LogP contribution < -0.4 is 11.5 Å². The Hall–Kier alpha value is -0.980. The summed E-state index contributed by atoms with van der Waals surface area (Å²) in [5.74, 6) is 0. The summed E-state index contributed by atoms with van der Waals surface area (Å²) in [7, 11) is 0. The average molecular weight is 228 g/mol. The van der Waals surface area contributed by atoms with E-state index in [4.69, 9.17) is 26.8 Å². The minimum atomic E-state index is -0.954. The Labute approximate surface area is 95.3 Å². The van der Waals surface area contributed by atoms with Gasteiger partial charge in [-0.05, 0) is 11.1 Å². The Kier molecular flexibility index (Phi) is 8.69. The zero-order valence-electron chi connectivity index (χ0n) is 9.21. The van der Waals surface area contributed by atoms with E-state index in [9.17, 15) is 0 Å². The predicted octanol–water partition coefficient (Wildman–Crippen LogP) is -1.06. The van der Waals surface area contributed by atoms with Crippen molar-refractivity contribution in [1.29, 1.82) is 0 Å². The number of benzene rings is 1. The Bertz CT molecular complexity index is 258. The summed E-state index contributed by atoms with van der Waals surface area (Å²) in [6.07, 6.45) is -0.954. The molecule has 0 fully saturated rings. The van der Waals surface area contributed by atoms with E-state index in [0.29, 0.717) is 13.1 Å². The molecular weight excluding hydrogens is 208 g/mol. The van der Waals surface area contributed by atoms with Crippen molar-refractivity contribution in [3.63, 3.8) is 0 Å². The van der Waals surface area contributed by atoms with E-state index < -0.39 is 6.10 Å². The molecule has 0 aromatic heterocycles. The molecule has 1 aromatic rings. The van der Waals surface area contributed by atoms with Gasteiger partial charge >= 0.3 is 0 Å². The highest BCUT2D eigenvalue weighted by molar-refractivity contribution is 5.22. The summed E-state index contributed by atoms with van der Waals surface area (Å²) in [5, 5.41) is 24.0. The van der Waals surface area contributed by atoms with Gasteiger partial charge in [0.2, 0.25) is 0 Å². The number of hydrogen-bond acceptors (Lipinski definition) is 5. The molecule has 5 nitrogen and oxygen atoms in total. The summed E-state index contributed by atoms with van der Waals surface area (Å²) in [6.45, 7) is 0.453. The molecule has 7 N–H and O–H groups in total. The van der Waals surface area contributed by atoms with Crippen molar-refractivity contribution >= 4 is 0 Å². The molecule has 0 aliphatic rings. The Morgan fingerprint density at radius 3 is 1.69 bits per heavy atom. The number of hydrogen-bond donors (Lipinski definition) is 5. The first-order chi connectivity index (χ1) is 7.67. The fraction of sp³-hybridized carbons (Fsp3) is 0.455. The second-order valence-corrected chi connectivity index (χ2v) is 3.25. The third-order valence-corrected chi connectivity index (χ3v) is 1.88. The third kappa shape index (κ3) is 6.49. The van der Waals surface area contributed by atoms with Gasteiger partial charge in [-0.1, -0.05) is 24.3 Å². The summed E-state index contributed by atoms with van der Waals surface area (Å²) < 4.78 is 0. The molecule has 92 valence electrons. The van der Waals surface area contributed by atoms with Gasteiger partial charge in [0.05, 0.1) is 13.2 Å². The van der Waals surface area contributed by atoms with Crippen LogP contribution in [-0.2, 0) is 13.1 Å². The summed E-state index contributed by atoms with van der Waals surface area (Å²) in [6, 6.07) is 8.00. The summed E-state index contributed by atoms with van der Waals surface area (Å²) in [4.78, 5) is 0. The molecule has 0 saturated carbocycles. The molecule has 0 unspecified atom stereocenters. The molecule has 0 heterocycles. The second kappa shape index (κ2) is 9.26. The van der Waals surface area contributed by atoms with Gasteiger partial charge in [-0.25, -0.2) is 0 Å². The van der Waals surface area contributed by atoms with Crippen molar-refractivity contribution < 1.29 is 15.3 Å². The van der Waals surface area contributed by atoms with Crippen LogP contribution in [0, 0.1) is 0 Å². The van der Waals surface area contributed by atoms with Crippen LogP contribution in [0.4, 0.5) is 0 Å². The van der Waals surface area contributed by atoms with Crippen LogP contribution in [0.2, 0.25) is 0 Å². The molecule has 0 aliphatic carbocycles. The van der Waals surface area contributed by atoms with Gasteiger partial charge in [-0.3, -0.25) is 0 Å². The smallest absolute Gasteiger partial charge is 0.100 e. The maximum Gasteiger partial charge on any atom is 0.100 e. The van der Waals surface area contributed by atoms with E-state index in [2.05, 4.69) is 0 Å². The fourth-order valence-corrected chi connectivity index (χ4v) is 0.941. The lowest BCUT2D eigenvalue weighted by Crippen LogP contribution is -2.15. The molecule has 0 bridgehead atoms. The van der Waals surface area contributed by atoms with Crippen LogP contribution in [0.1, 0.15) is 11.1 Å². The molecule has 0 spiro atoms. The molecule has 1 rings (SSSR count). The number of rotatable bonds is 4. The lowest BCUT2D eigenvalue weighted by atomic mass is 10.1. The van der Waals surface area contributed by atoms with E-state index in [1.165, 1.54) is 0 Å². The highest BCUT2D eigenvalue weighted by Gasteiger charge is 1.93. The Morgan fingerprint density at radius 1 is 1.00 bits per heavy atom. The van der Waals surface area contributed by atoms with Gasteiger partial charge in [0, 0.05) is 13.1 Å². The first-order valence-electron chi connectivity index (χ1n) is 5.05. The topological polar surface area (TPSA) is 113 Å². The van der Waals surface area contributed by atoms with Crippen LogP contribution in [-0.4, -0.2) is 34.6 Å². The van der Waals surface area contributed by atoms with Crippen molar-refractivity contribution in [3.05, 3.63) is 35.4 Å². The molecule has 1 aromatic carbocycles. The molecule has 0 atom stereocenters. The maximum atomic E-state index is 8.17. The van der Waals surface area contributed by atoms with Crippen LogP contribution >= 0.6 is 0 Å². The van der Waals surface area contributed by atoms with E-state index in [0.717, 1.165) is 11.1 Å². The second-order valence-electron chi connectivity index (χ2n) is 3.25. The lowest BCUT2D eigenvalue weighted by molar-refractivity contribution is 0.0450. The van der Waals surface area contributed by atoms with Crippen LogP contribution in [0.25, 0.3) is 0 Å². The van der Waals surface area contributed by atoms with Gasteiger partial charge in [0.15, 0.2) is 0 Å². The van der Waals surface area contributed by atoms with Crippen molar-refractivity contribution in [3.8, 4) is 0 Å². The van der Waals surface area contributed by atoms with Crippen molar-refractivity contribution in [2.75, 3.05) is 13.2 Å². The van der Waals surface area contributed by atoms with Crippen LogP contribution in [0.5, 0.6) is 0 Å². The third-order valence-electron chi connectivity index (χ3n) is 1.88. The van der Waals surface area contributed by atoms with Gasteiger partial charge in [-0.15, -0.1) is 0 Å². The SMILES string of the molecule is NCc1cccc(CN)c1.OCC(O)CO. The molecule has 0 aliphatic heterocycles. The normalized spacial score (nSPS) is 9.88. The Morgan fingerprint density at radius 2 is 1.44 bits per heavy atom. The fourth-order valence-electron chi connectivity index (χ4n) is 0.941. The lowest BCUT2D eigenvalue weighted by Gasteiger charge is -1.98. The van der Waals surface area contributed by atoms with Crippen molar-refractivity contribution in [2.24, 2.45) is 11.5 Å². The molecule has 0 saturated heterocycles. The first kappa shape index (κ1) is 15.0. The molecule has 5 heteroatoms. The van der Waals surface area contributed by atoms with Gasteiger partial charge in [-0.2, -0.15) is 0 Å². The highest BCUT2D eigenvalue weighted by atomic mass is 16.3. The van der Waals surface area contributed by atoms with Gasteiger partial charge in [0.1, 0.15) is 6.10 Å². The van der Waals surface area contributed by atoms with E-state index >= 15 is 0 Å². The number of aliphatic hydroxyl groups is 3. The zero-order valence-corrected chi connectivity index (χ0v) is 9.21. The van der Waals surface area contributed by atoms with Crippen molar-refractivity contribution in [1.82, 2.24) is 0 Å². The van der Waals surface area contributed by atoms with E-state index in [1.54, 1.807) is 0 Å². The van der Waals surface area contributed by atoms with Crippen molar-refractivity contribution in [2.45, 2.75) is 19.2 Å². The molecular formula is C11H20N2O3.